The molecule has 0 aromatic heterocycles. The van der Waals surface area contributed by atoms with Gasteiger partial charge >= 0.3 is 0 Å². The van der Waals surface area contributed by atoms with Crippen LogP contribution in [0.5, 0.6) is 0 Å². The number of nitrogens with two attached hydrogens (primary N) is 1. The SMILES string of the molecule is CC(N)CCCNc1ccc(Br)cc1. The molecular weight excluding hydrogens is 240 g/mol. The fourth-order valence-electron chi connectivity index (χ4n) is 1.22. The Morgan fingerprint density at radius 1 is 1.36 bits per heavy atom. The van der Waals surface area contributed by atoms with E-state index in [1.54, 1.807) is 0 Å². The smallest absolute Gasteiger partial charge is 0.0340 e. The summed E-state index contributed by atoms with van der Waals surface area (Å²) in [5, 5.41) is 3.35. The van der Waals surface area contributed by atoms with Crippen molar-refractivity contribution in [3.63, 3.8) is 0 Å². The minimum Gasteiger partial charge on any atom is -0.385 e. The maximum atomic E-state index is 5.66. The average molecular weight is 257 g/mol. The summed E-state index contributed by atoms with van der Waals surface area (Å²) in [4.78, 5) is 0. The van der Waals surface area contributed by atoms with E-state index < -0.39 is 0 Å². The van der Waals surface area contributed by atoms with Gasteiger partial charge in [-0.05, 0) is 44.0 Å². The number of rotatable bonds is 5. The third-order valence-electron chi connectivity index (χ3n) is 2.01. The molecule has 1 aromatic rings. The van der Waals surface area contributed by atoms with Gasteiger partial charge in [0, 0.05) is 22.7 Å². The third-order valence-corrected chi connectivity index (χ3v) is 2.54. The van der Waals surface area contributed by atoms with Crippen molar-refractivity contribution in [1.82, 2.24) is 0 Å². The second-order valence-electron chi connectivity index (χ2n) is 3.55. The molecule has 78 valence electrons. The molecule has 0 amide bonds. The van der Waals surface area contributed by atoms with E-state index in [2.05, 4.69) is 33.4 Å². The lowest BCUT2D eigenvalue weighted by molar-refractivity contribution is 0.639. The molecule has 0 saturated carbocycles. The molecule has 0 bridgehead atoms. The molecule has 1 unspecified atom stereocenters. The van der Waals surface area contributed by atoms with Crippen LogP contribution in [0.2, 0.25) is 0 Å². The molecule has 1 atom stereocenters. The van der Waals surface area contributed by atoms with Crippen LogP contribution < -0.4 is 11.1 Å². The maximum absolute atomic E-state index is 5.66. The zero-order valence-corrected chi connectivity index (χ0v) is 10.0. The molecule has 1 rings (SSSR count). The summed E-state index contributed by atoms with van der Waals surface area (Å²) in [7, 11) is 0. The minimum atomic E-state index is 0.307. The average Bonchev–Trinajstić information content (AvgIpc) is 2.15. The van der Waals surface area contributed by atoms with Gasteiger partial charge in [-0.15, -0.1) is 0 Å². The Hall–Kier alpha value is -0.540. The van der Waals surface area contributed by atoms with E-state index in [0.29, 0.717) is 6.04 Å². The molecule has 0 spiro atoms. The highest BCUT2D eigenvalue weighted by molar-refractivity contribution is 9.10. The highest BCUT2D eigenvalue weighted by Gasteiger charge is 1.94. The Kier molecular flexibility index (Phi) is 4.98. The molecule has 0 saturated heterocycles. The molecule has 3 N–H and O–H groups in total. The Bertz CT molecular complexity index is 256. The number of hydrogen-bond acceptors (Lipinski definition) is 2. The minimum absolute atomic E-state index is 0.307. The van der Waals surface area contributed by atoms with Crippen LogP contribution in [0.4, 0.5) is 5.69 Å². The van der Waals surface area contributed by atoms with E-state index >= 15 is 0 Å². The maximum Gasteiger partial charge on any atom is 0.0340 e. The summed E-state index contributed by atoms with van der Waals surface area (Å²) in [5.41, 5.74) is 6.82. The molecule has 3 heteroatoms. The molecule has 1 aromatic carbocycles. The van der Waals surface area contributed by atoms with Gasteiger partial charge in [0.1, 0.15) is 0 Å². The molecular formula is C11H17BrN2. The van der Waals surface area contributed by atoms with Crippen molar-refractivity contribution in [1.29, 1.82) is 0 Å². The fourth-order valence-corrected chi connectivity index (χ4v) is 1.49. The molecule has 0 radical (unpaired) electrons. The molecule has 0 aliphatic carbocycles. The third kappa shape index (κ3) is 4.63. The summed E-state index contributed by atoms with van der Waals surface area (Å²) >= 11 is 3.40. The first-order chi connectivity index (χ1) is 6.68. The Balaban J connectivity index is 2.21. The van der Waals surface area contributed by atoms with E-state index in [1.165, 1.54) is 0 Å². The monoisotopic (exact) mass is 256 g/mol. The van der Waals surface area contributed by atoms with Crippen LogP contribution in [0.3, 0.4) is 0 Å². The molecule has 0 heterocycles. The van der Waals surface area contributed by atoms with E-state index in [0.717, 1.165) is 29.5 Å². The molecule has 14 heavy (non-hydrogen) atoms. The molecule has 0 aliphatic rings. The van der Waals surface area contributed by atoms with Crippen LogP contribution in [-0.4, -0.2) is 12.6 Å². The van der Waals surface area contributed by atoms with Crippen molar-refractivity contribution in [3.05, 3.63) is 28.7 Å². The molecule has 0 aliphatic heterocycles. The summed E-state index contributed by atoms with van der Waals surface area (Å²) < 4.78 is 1.11. The Labute approximate surface area is 94.0 Å². The molecule has 0 fully saturated rings. The van der Waals surface area contributed by atoms with Crippen molar-refractivity contribution >= 4 is 21.6 Å². The second kappa shape index (κ2) is 6.04. The van der Waals surface area contributed by atoms with Gasteiger partial charge in [0.15, 0.2) is 0 Å². The van der Waals surface area contributed by atoms with Crippen molar-refractivity contribution in [3.8, 4) is 0 Å². The van der Waals surface area contributed by atoms with Crippen molar-refractivity contribution in [2.75, 3.05) is 11.9 Å². The zero-order chi connectivity index (χ0) is 10.4. The van der Waals surface area contributed by atoms with Gasteiger partial charge in [-0.2, -0.15) is 0 Å². The fraction of sp³-hybridized carbons (Fsp3) is 0.455. The second-order valence-corrected chi connectivity index (χ2v) is 4.47. The van der Waals surface area contributed by atoms with Crippen LogP contribution in [-0.2, 0) is 0 Å². The van der Waals surface area contributed by atoms with E-state index in [4.69, 9.17) is 5.73 Å². The van der Waals surface area contributed by atoms with E-state index in [1.807, 2.05) is 19.1 Å². The lowest BCUT2D eigenvalue weighted by Crippen LogP contribution is -2.16. The largest absolute Gasteiger partial charge is 0.385 e. The predicted octanol–water partition coefficient (Wildman–Crippen LogP) is 2.99. The van der Waals surface area contributed by atoms with Gasteiger partial charge in [0.05, 0.1) is 0 Å². The number of benzene rings is 1. The Morgan fingerprint density at radius 2 is 2.00 bits per heavy atom. The van der Waals surface area contributed by atoms with Crippen molar-refractivity contribution in [2.24, 2.45) is 5.73 Å². The zero-order valence-electron chi connectivity index (χ0n) is 8.46. The van der Waals surface area contributed by atoms with Gasteiger partial charge in [-0.3, -0.25) is 0 Å². The van der Waals surface area contributed by atoms with E-state index in [9.17, 15) is 0 Å². The quantitative estimate of drug-likeness (QED) is 0.796. The van der Waals surface area contributed by atoms with Gasteiger partial charge in [0.2, 0.25) is 0 Å². The van der Waals surface area contributed by atoms with Crippen LogP contribution in [0.25, 0.3) is 0 Å². The summed E-state index contributed by atoms with van der Waals surface area (Å²) in [6.45, 7) is 3.03. The Morgan fingerprint density at radius 3 is 2.57 bits per heavy atom. The number of halogens is 1. The summed E-state index contributed by atoms with van der Waals surface area (Å²) in [6, 6.07) is 8.51. The first-order valence-corrected chi connectivity index (χ1v) is 5.73. The van der Waals surface area contributed by atoms with Crippen LogP contribution >= 0.6 is 15.9 Å². The van der Waals surface area contributed by atoms with Crippen LogP contribution in [0, 0.1) is 0 Å². The van der Waals surface area contributed by atoms with Crippen molar-refractivity contribution < 1.29 is 0 Å². The number of hydrogen-bond donors (Lipinski definition) is 2. The highest BCUT2D eigenvalue weighted by atomic mass is 79.9. The summed E-state index contributed by atoms with van der Waals surface area (Å²) in [6.07, 6.45) is 2.19. The lowest BCUT2D eigenvalue weighted by atomic mass is 10.2. The standard InChI is InChI=1S/C11H17BrN2/c1-9(13)3-2-8-14-11-6-4-10(12)5-7-11/h4-7,9,14H,2-3,8,13H2,1H3. The van der Waals surface area contributed by atoms with Gasteiger partial charge < -0.3 is 11.1 Å². The lowest BCUT2D eigenvalue weighted by Gasteiger charge is -2.07. The topological polar surface area (TPSA) is 38.0 Å². The first-order valence-electron chi connectivity index (χ1n) is 4.93. The molecule has 2 nitrogen and oxygen atoms in total. The van der Waals surface area contributed by atoms with Gasteiger partial charge in [-0.1, -0.05) is 15.9 Å². The first kappa shape index (κ1) is 11.5. The van der Waals surface area contributed by atoms with Crippen molar-refractivity contribution in [2.45, 2.75) is 25.8 Å². The van der Waals surface area contributed by atoms with E-state index in [-0.39, 0.29) is 0 Å². The highest BCUT2D eigenvalue weighted by Crippen LogP contribution is 2.13. The normalized spacial score (nSPS) is 12.5. The van der Waals surface area contributed by atoms with Gasteiger partial charge in [-0.25, -0.2) is 0 Å². The predicted molar refractivity (Wildman–Crippen MR) is 65.5 cm³/mol. The van der Waals surface area contributed by atoms with Crippen LogP contribution in [0.15, 0.2) is 28.7 Å². The van der Waals surface area contributed by atoms with Crippen LogP contribution in [0.1, 0.15) is 19.8 Å². The number of nitrogens with one attached hydrogen (secondary N) is 1. The summed E-state index contributed by atoms with van der Waals surface area (Å²) in [5.74, 6) is 0. The number of anilines is 1. The van der Waals surface area contributed by atoms with Gasteiger partial charge in [0.25, 0.3) is 0 Å².